The summed E-state index contributed by atoms with van der Waals surface area (Å²) in [6.45, 7) is 1.43. The predicted octanol–water partition coefficient (Wildman–Crippen LogP) is 4.00. The molecule has 10 heteroatoms. The van der Waals surface area contributed by atoms with E-state index in [9.17, 15) is 15.0 Å². The number of fused-ring (bicyclic) bond motifs is 1. The average Bonchev–Trinajstić information content (AvgIpc) is 3.50. The normalized spacial score (nSPS) is 16.3. The third kappa shape index (κ3) is 4.06. The zero-order valence-corrected chi connectivity index (χ0v) is 18.0. The number of nitrogens with zero attached hydrogens (tertiary/aromatic N) is 3. The Morgan fingerprint density at radius 1 is 1.23 bits per heavy atom. The molecule has 1 aliphatic rings. The zero-order chi connectivity index (χ0) is 21.4. The number of thioether (sulfide) groups is 1. The van der Waals surface area contributed by atoms with Crippen LogP contribution < -0.4 is 5.63 Å². The van der Waals surface area contributed by atoms with E-state index in [2.05, 4.69) is 14.8 Å². The highest BCUT2D eigenvalue weighted by molar-refractivity contribution is 7.98. The largest absolute Gasteiger partial charge is 0.504 e. The van der Waals surface area contributed by atoms with Gasteiger partial charge in [0.15, 0.2) is 22.5 Å². The zero-order valence-electron chi connectivity index (χ0n) is 16.4. The number of thiophene rings is 1. The molecule has 5 rings (SSSR count). The molecular weight excluding hydrogens is 438 g/mol. The van der Waals surface area contributed by atoms with Crippen LogP contribution in [0.2, 0.25) is 0 Å². The Morgan fingerprint density at radius 2 is 2.10 bits per heavy atom. The fourth-order valence-corrected chi connectivity index (χ4v) is 5.31. The second-order valence-electron chi connectivity index (χ2n) is 7.25. The molecule has 0 spiro atoms. The van der Waals surface area contributed by atoms with E-state index in [0.717, 1.165) is 35.3 Å². The molecule has 2 N–H and O–H groups in total. The summed E-state index contributed by atoms with van der Waals surface area (Å²) in [5, 5.41) is 31.7. The summed E-state index contributed by atoms with van der Waals surface area (Å²) in [7, 11) is 0. The maximum Gasteiger partial charge on any atom is 0.336 e. The summed E-state index contributed by atoms with van der Waals surface area (Å²) >= 11 is 3.05. The van der Waals surface area contributed by atoms with Crippen LogP contribution >= 0.6 is 23.1 Å². The molecule has 0 bridgehead atoms. The third-order valence-electron chi connectivity index (χ3n) is 5.15. The summed E-state index contributed by atoms with van der Waals surface area (Å²) < 4.78 is 13.1. The Hall–Kier alpha value is -2.82. The molecule has 0 aliphatic carbocycles. The lowest BCUT2D eigenvalue weighted by molar-refractivity contribution is 0.0953. The number of hydrogen-bond donors (Lipinski definition) is 2. The first kappa shape index (κ1) is 20.1. The highest BCUT2D eigenvalue weighted by Gasteiger charge is 2.22. The molecule has 0 saturated carbocycles. The van der Waals surface area contributed by atoms with Crippen LogP contribution in [-0.4, -0.2) is 37.7 Å². The monoisotopic (exact) mass is 457 g/mol. The molecule has 1 atom stereocenters. The van der Waals surface area contributed by atoms with Crippen LogP contribution in [0.3, 0.4) is 0 Å². The number of phenols is 2. The summed E-state index contributed by atoms with van der Waals surface area (Å²) in [6, 6.07) is 8.04. The van der Waals surface area contributed by atoms with Gasteiger partial charge < -0.3 is 19.4 Å². The van der Waals surface area contributed by atoms with E-state index in [1.165, 1.54) is 30.0 Å². The fraction of sp³-hybridized carbons (Fsp3) is 0.286. The van der Waals surface area contributed by atoms with Crippen molar-refractivity contribution in [3.05, 3.63) is 51.7 Å². The minimum atomic E-state index is -0.520. The van der Waals surface area contributed by atoms with Gasteiger partial charge in [-0.05, 0) is 35.9 Å². The molecular formula is C21H19N3O5S2. The molecule has 4 aromatic rings. The number of aromatic nitrogens is 3. The lowest BCUT2D eigenvalue weighted by Crippen LogP contribution is -2.16. The molecule has 3 aromatic heterocycles. The van der Waals surface area contributed by atoms with Crippen molar-refractivity contribution in [3.63, 3.8) is 0 Å². The highest BCUT2D eigenvalue weighted by Crippen LogP contribution is 2.34. The molecule has 0 unspecified atom stereocenters. The van der Waals surface area contributed by atoms with E-state index in [0.29, 0.717) is 23.2 Å². The smallest absolute Gasteiger partial charge is 0.336 e. The van der Waals surface area contributed by atoms with Crippen molar-refractivity contribution >= 4 is 34.1 Å². The third-order valence-corrected chi connectivity index (χ3v) is 7.03. The van der Waals surface area contributed by atoms with E-state index >= 15 is 0 Å². The van der Waals surface area contributed by atoms with Crippen molar-refractivity contribution in [1.82, 2.24) is 14.8 Å². The van der Waals surface area contributed by atoms with Crippen molar-refractivity contribution in [2.45, 2.75) is 36.4 Å². The van der Waals surface area contributed by atoms with E-state index < -0.39 is 5.63 Å². The van der Waals surface area contributed by atoms with E-state index in [4.69, 9.17) is 9.15 Å². The standard InChI is InChI=1S/C21H19N3O5S2/c25-15-8-14-12(7-19(27)29-17(14)9-16(15)26)11-31-21-23-22-20(18-4-2-6-30-18)24(21)10-13-3-1-5-28-13/h2,4,6-9,13,25-26H,1,3,5,10-11H2/t13-/m0/s1. The van der Waals surface area contributed by atoms with Gasteiger partial charge in [-0.1, -0.05) is 17.8 Å². The van der Waals surface area contributed by atoms with Gasteiger partial charge in [0.1, 0.15) is 5.58 Å². The number of aromatic hydroxyl groups is 2. The van der Waals surface area contributed by atoms with Crippen molar-refractivity contribution < 1.29 is 19.4 Å². The Balaban J connectivity index is 1.48. The first-order valence-corrected chi connectivity index (χ1v) is 11.6. The van der Waals surface area contributed by atoms with Crippen molar-refractivity contribution in [2.75, 3.05) is 6.61 Å². The van der Waals surface area contributed by atoms with Crippen LogP contribution in [0, 0.1) is 0 Å². The SMILES string of the molecule is O=c1cc(CSc2nnc(-c3cccs3)n2C[C@@H]2CCCO2)c2cc(O)c(O)cc2o1. The van der Waals surface area contributed by atoms with Crippen LogP contribution in [-0.2, 0) is 17.0 Å². The molecule has 4 heterocycles. The van der Waals surface area contributed by atoms with Gasteiger partial charge in [-0.15, -0.1) is 21.5 Å². The second-order valence-corrected chi connectivity index (χ2v) is 9.14. The molecule has 160 valence electrons. The number of phenolic OH excluding ortho intramolecular Hbond substituents is 2. The van der Waals surface area contributed by atoms with Crippen LogP contribution in [0.1, 0.15) is 18.4 Å². The van der Waals surface area contributed by atoms with Gasteiger partial charge in [-0.3, -0.25) is 4.57 Å². The van der Waals surface area contributed by atoms with E-state index in [-0.39, 0.29) is 23.2 Å². The van der Waals surface area contributed by atoms with Crippen LogP contribution in [0.15, 0.2) is 50.1 Å². The molecule has 1 saturated heterocycles. The number of benzene rings is 1. The second kappa shape index (κ2) is 8.37. The molecule has 8 nitrogen and oxygen atoms in total. The van der Waals surface area contributed by atoms with Crippen LogP contribution in [0.4, 0.5) is 0 Å². The van der Waals surface area contributed by atoms with Crippen molar-refractivity contribution in [2.24, 2.45) is 0 Å². The Morgan fingerprint density at radius 3 is 2.87 bits per heavy atom. The van der Waals surface area contributed by atoms with Crippen LogP contribution in [0.5, 0.6) is 11.5 Å². The van der Waals surface area contributed by atoms with E-state index in [1.54, 1.807) is 11.3 Å². The van der Waals surface area contributed by atoms with Crippen LogP contribution in [0.25, 0.3) is 21.7 Å². The number of hydrogen-bond acceptors (Lipinski definition) is 9. The van der Waals surface area contributed by atoms with Gasteiger partial charge in [0.2, 0.25) is 0 Å². The van der Waals surface area contributed by atoms with Gasteiger partial charge >= 0.3 is 5.63 Å². The van der Waals surface area contributed by atoms with E-state index in [1.807, 2.05) is 17.5 Å². The van der Waals surface area contributed by atoms with Gasteiger partial charge in [-0.25, -0.2) is 4.79 Å². The van der Waals surface area contributed by atoms with Gasteiger partial charge in [-0.2, -0.15) is 0 Å². The highest BCUT2D eigenvalue weighted by atomic mass is 32.2. The molecule has 1 aromatic carbocycles. The first-order chi connectivity index (χ1) is 15.1. The summed E-state index contributed by atoms with van der Waals surface area (Å²) in [5.74, 6) is 0.611. The minimum Gasteiger partial charge on any atom is -0.504 e. The quantitative estimate of drug-likeness (QED) is 0.254. The summed E-state index contributed by atoms with van der Waals surface area (Å²) in [5.41, 5.74) is 0.377. The van der Waals surface area contributed by atoms with Crippen molar-refractivity contribution in [3.8, 4) is 22.2 Å². The lowest BCUT2D eigenvalue weighted by Gasteiger charge is -2.14. The maximum absolute atomic E-state index is 12.0. The molecule has 1 aliphatic heterocycles. The summed E-state index contributed by atoms with van der Waals surface area (Å²) in [4.78, 5) is 13.0. The van der Waals surface area contributed by atoms with Crippen molar-refractivity contribution in [1.29, 1.82) is 0 Å². The first-order valence-electron chi connectivity index (χ1n) is 9.78. The minimum absolute atomic E-state index is 0.124. The number of rotatable bonds is 6. The maximum atomic E-state index is 12.0. The van der Waals surface area contributed by atoms with Gasteiger partial charge in [0.25, 0.3) is 0 Å². The topological polar surface area (TPSA) is 111 Å². The van der Waals surface area contributed by atoms with Gasteiger partial charge in [0.05, 0.1) is 17.5 Å². The molecule has 0 amide bonds. The average molecular weight is 458 g/mol. The fourth-order valence-electron chi connectivity index (χ4n) is 3.65. The number of ether oxygens (including phenoxy) is 1. The Bertz CT molecular complexity index is 1280. The predicted molar refractivity (Wildman–Crippen MR) is 118 cm³/mol. The molecule has 31 heavy (non-hydrogen) atoms. The lowest BCUT2D eigenvalue weighted by atomic mass is 10.1. The van der Waals surface area contributed by atoms with Gasteiger partial charge in [0, 0.05) is 29.9 Å². The molecule has 1 fully saturated rings. The Labute approximate surface area is 185 Å². The molecule has 0 radical (unpaired) electrons. The summed E-state index contributed by atoms with van der Waals surface area (Å²) in [6.07, 6.45) is 2.17. The Kier molecular flexibility index (Phi) is 5.43.